The van der Waals surface area contributed by atoms with Gasteiger partial charge in [-0.2, -0.15) is 0 Å². The Hall–Kier alpha value is -2.87. The number of hydrogen-bond acceptors (Lipinski definition) is 7. The van der Waals surface area contributed by atoms with E-state index in [1.807, 2.05) is 41.5 Å². The zero-order valence-electron chi connectivity index (χ0n) is 17.5. The molecule has 1 aliphatic heterocycles. The molecule has 4 heterocycles. The van der Waals surface area contributed by atoms with Crippen LogP contribution in [0.1, 0.15) is 31.7 Å². The van der Waals surface area contributed by atoms with Gasteiger partial charge in [0.25, 0.3) is 0 Å². The van der Waals surface area contributed by atoms with Crippen molar-refractivity contribution in [3.63, 3.8) is 0 Å². The predicted octanol–water partition coefficient (Wildman–Crippen LogP) is 3.01. The lowest BCUT2D eigenvalue weighted by atomic mass is 9.77. The van der Waals surface area contributed by atoms with Crippen LogP contribution in [-0.2, 0) is 4.74 Å². The summed E-state index contributed by atoms with van der Waals surface area (Å²) in [5.74, 6) is 2.77. The maximum Gasteiger partial charge on any atom is 0.225 e. The van der Waals surface area contributed by atoms with E-state index in [1.165, 1.54) is 12.8 Å². The molecule has 3 aromatic heterocycles. The highest BCUT2D eigenvalue weighted by Crippen LogP contribution is 2.44. The Bertz CT molecular complexity index is 1010. The third kappa shape index (κ3) is 3.92. The minimum Gasteiger partial charge on any atom is -0.376 e. The average molecular weight is 418 g/mol. The van der Waals surface area contributed by atoms with Crippen LogP contribution < -0.4 is 4.90 Å². The summed E-state index contributed by atoms with van der Waals surface area (Å²) in [6, 6.07) is 6.03. The summed E-state index contributed by atoms with van der Waals surface area (Å²) >= 11 is 0. The van der Waals surface area contributed by atoms with E-state index in [-0.39, 0.29) is 12.1 Å². The van der Waals surface area contributed by atoms with Gasteiger partial charge in [-0.3, -0.25) is 4.98 Å². The van der Waals surface area contributed by atoms with Crippen LogP contribution in [0.2, 0.25) is 0 Å². The first kappa shape index (κ1) is 18.9. The molecule has 0 unspecified atom stereocenters. The standard InChI is InChI=1S/C23H27N7O/c1-3-17(11-24-6-1)20-14-30(28-27-20)21-9-18-12-29(23-25-7-2-8-26-23)13-19(18)10-22(21)31-15-16-4-5-16/h1-3,6-8,11,14,16,18-19,21-22H,4-5,9-10,12-13,15H2/t18-,19+,21-,22-/m1/s1. The topological polar surface area (TPSA) is 81.9 Å². The molecule has 31 heavy (non-hydrogen) atoms. The van der Waals surface area contributed by atoms with Gasteiger partial charge in [0.2, 0.25) is 5.95 Å². The van der Waals surface area contributed by atoms with Crippen molar-refractivity contribution in [2.24, 2.45) is 17.8 Å². The lowest BCUT2D eigenvalue weighted by molar-refractivity contribution is -0.0375. The Morgan fingerprint density at radius 3 is 2.61 bits per heavy atom. The molecule has 6 rings (SSSR count). The number of anilines is 1. The second-order valence-corrected chi connectivity index (χ2v) is 9.15. The average Bonchev–Trinajstić information content (AvgIpc) is 3.36. The number of hydrogen-bond donors (Lipinski definition) is 0. The van der Waals surface area contributed by atoms with E-state index in [1.54, 1.807) is 6.20 Å². The Balaban J connectivity index is 1.23. The molecule has 0 bridgehead atoms. The molecule has 0 N–H and O–H groups in total. The Kier molecular flexibility index (Phi) is 4.87. The van der Waals surface area contributed by atoms with Crippen LogP contribution in [0.4, 0.5) is 5.95 Å². The van der Waals surface area contributed by atoms with Gasteiger partial charge in [0.05, 0.1) is 18.3 Å². The molecule has 1 saturated heterocycles. The summed E-state index contributed by atoms with van der Waals surface area (Å²) in [5.41, 5.74) is 1.85. The number of fused-ring (bicyclic) bond motifs is 1. The first-order valence-electron chi connectivity index (χ1n) is 11.3. The minimum atomic E-state index is 0.168. The molecule has 0 radical (unpaired) electrons. The highest BCUT2D eigenvalue weighted by Gasteiger charge is 2.44. The fraction of sp³-hybridized carbons (Fsp3) is 0.522. The normalized spacial score (nSPS) is 27.9. The molecule has 3 aromatic rings. The summed E-state index contributed by atoms with van der Waals surface area (Å²) < 4.78 is 8.53. The second-order valence-electron chi connectivity index (χ2n) is 9.15. The molecule has 0 aromatic carbocycles. The van der Waals surface area contributed by atoms with Crippen molar-refractivity contribution in [2.75, 3.05) is 24.6 Å². The Labute approximate surface area is 181 Å². The molecule has 0 spiro atoms. The first-order chi connectivity index (χ1) is 15.3. The van der Waals surface area contributed by atoms with Crippen molar-refractivity contribution in [3.8, 4) is 11.3 Å². The Morgan fingerprint density at radius 1 is 1.00 bits per heavy atom. The number of ether oxygens (including phenoxy) is 1. The van der Waals surface area contributed by atoms with E-state index in [0.29, 0.717) is 11.8 Å². The van der Waals surface area contributed by atoms with Crippen molar-refractivity contribution >= 4 is 5.95 Å². The van der Waals surface area contributed by atoms with Gasteiger partial charge in [0.15, 0.2) is 0 Å². The molecule has 4 atom stereocenters. The quantitative estimate of drug-likeness (QED) is 0.610. The van der Waals surface area contributed by atoms with Gasteiger partial charge in [-0.25, -0.2) is 14.6 Å². The van der Waals surface area contributed by atoms with Crippen molar-refractivity contribution in [1.29, 1.82) is 0 Å². The van der Waals surface area contributed by atoms with Crippen molar-refractivity contribution in [3.05, 3.63) is 49.2 Å². The Morgan fingerprint density at radius 2 is 1.84 bits per heavy atom. The summed E-state index contributed by atoms with van der Waals surface area (Å²) in [6.45, 7) is 2.86. The lowest BCUT2D eigenvalue weighted by Crippen LogP contribution is -2.38. The molecule has 2 saturated carbocycles. The fourth-order valence-electron chi connectivity index (χ4n) is 5.10. The third-order valence-electron chi connectivity index (χ3n) is 6.97. The highest BCUT2D eigenvalue weighted by atomic mass is 16.5. The maximum absolute atomic E-state index is 6.49. The van der Waals surface area contributed by atoms with E-state index in [9.17, 15) is 0 Å². The largest absolute Gasteiger partial charge is 0.376 e. The monoisotopic (exact) mass is 417 g/mol. The molecule has 8 heteroatoms. The van der Waals surface area contributed by atoms with Crippen LogP contribution in [0.25, 0.3) is 11.3 Å². The van der Waals surface area contributed by atoms with Gasteiger partial charge in [-0.1, -0.05) is 5.21 Å². The molecule has 3 fully saturated rings. The van der Waals surface area contributed by atoms with Gasteiger partial charge < -0.3 is 9.64 Å². The molecular weight excluding hydrogens is 390 g/mol. The molecule has 3 aliphatic rings. The SMILES string of the molecule is c1cnc(N2C[C@H]3C[C@@H](n4cc(-c5cccnc5)nn4)[C@H](OCC4CC4)C[C@H]3C2)nc1. The van der Waals surface area contributed by atoms with Crippen molar-refractivity contribution in [1.82, 2.24) is 29.9 Å². The number of aromatic nitrogens is 6. The van der Waals surface area contributed by atoms with E-state index < -0.39 is 0 Å². The highest BCUT2D eigenvalue weighted by molar-refractivity contribution is 5.55. The van der Waals surface area contributed by atoms with E-state index in [4.69, 9.17) is 4.74 Å². The van der Waals surface area contributed by atoms with Crippen molar-refractivity contribution < 1.29 is 4.74 Å². The van der Waals surface area contributed by atoms with Gasteiger partial charge >= 0.3 is 0 Å². The van der Waals surface area contributed by atoms with Crippen LogP contribution in [0.15, 0.2) is 49.2 Å². The van der Waals surface area contributed by atoms with Crippen molar-refractivity contribution in [2.45, 2.75) is 37.8 Å². The second kappa shape index (κ2) is 8.00. The zero-order valence-corrected chi connectivity index (χ0v) is 17.5. The summed E-state index contributed by atoms with van der Waals surface area (Å²) in [7, 11) is 0. The molecule has 8 nitrogen and oxygen atoms in total. The molecule has 0 amide bonds. The zero-order chi connectivity index (χ0) is 20.6. The molecule has 2 aliphatic carbocycles. The predicted molar refractivity (Wildman–Crippen MR) is 115 cm³/mol. The summed E-state index contributed by atoms with van der Waals surface area (Å²) in [6.07, 6.45) is 14.2. The lowest BCUT2D eigenvalue weighted by Gasteiger charge is -2.37. The van der Waals surface area contributed by atoms with Crippen LogP contribution in [-0.4, -0.2) is 55.7 Å². The fourth-order valence-corrected chi connectivity index (χ4v) is 5.10. The number of nitrogens with zero attached hydrogens (tertiary/aromatic N) is 7. The van der Waals surface area contributed by atoms with Crippen LogP contribution >= 0.6 is 0 Å². The van der Waals surface area contributed by atoms with Gasteiger partial charge in [-0.15, -0.1) is 5.10 Å². The molecular formula is C23H27N7O. The smallest absolute Gasteiger partial charge is 0.225 e. The first-order valence-corrected chi connectivity index (χ1v) is 11.3. The van der Waals surface area contributed by atoms with Gasteiger partial charge in [0.1, 0.15) is 5.69 Å². The van der Waals surface area contributed by atoms with Gasteiger partial charge in [-0.05, 0) is 61.6 Å². The van der Waals surface area contributed by atoms with Crippen LogP contribution in [0.3, 0.4) is 0 Å². The van der Waals surface area contributed by atoms with Crippen LogP contribution in [0, 0.1) is 17.8 Å². The van der Waals surface area contributed by atoms with E-state index in [0.717, 1.165) is 55.7 Å². The number of pyridine rings is 1. The van der Waals surface area contributed by atoms with E-state index >= 15 is 0 Å². The summed E-state index contributed by atoms with van der Waals surface area (Å²) in [4.78, 5) is 15.5. The number of rotatable bonds is 6. The third-order valence-corrected chi connectivity index (χ3v) is 6.97. The molecule has 160 valence electrons. The van der Waals surface area contributed by atoms with E-state index in [2.05, 4.69) is 36.4 Å². The van der Waals surface area contributed by atoms with Crippen LogP contribution in [0.5, 0.6) is 0 Å². The summed E-state index contributed by atoms with van der Waals surface area (Å²) in [5, 5.41) is 8.96. The van der Waals surface area contributed by atoms with Gasteiger partial charge in [0, 0.05) is 50.0 Å². The minimum absolute atomic E-state index is 0.168. The maximum atomic E-state index is 6.49.